The molecule has 1 aromatic heterocycles. The van der Waals surface area contributed by atoms with Crippen molar-refractivity contribution in [2.45, 2.75) is 32.6 Å². The van der Waals surface area contributed by atoms with Crippen molar-refractivity contribution in [3.8, 4) is 0 Å². The van der Waals surface area contributed by atoms with Crippen LogP contribution in [0.25, 0.3) is 0 Å². The summed E-state index contributed by atoms with van der Waals surface area (Å²) in [5, 5.41) is 12.6. The highest BCUT2D eigenvalue weighted by molar-refractivity contribution is 5.59. The van der Waals surface area contributed by atoms with Crippen LogP contribution >= 0.6 is 0 Å². The molecule has 1 aliphatic rings. The number of rotatable bonds is 9. The Kier molecular flexibility index (Phi) is 5.76. The Labute approximate surface area is 126 Å². The molecule has 0 saturated heterocycles. The number of nitrogens with one attached hydrogen (secondary N) is 1. The highest BCUT2D eigenvalue weighted by Crippen LogP contribution is 2.40. The summed E-state index contributed by atoms with van der Waals surface area (Å²) in [6, 6.07) is 0. The van der Waals surface area contributed by atoms with Gasteiger partial charge >= 0.3 is 0 Å². The first-order chi connectivity index (χ1) is 10.2. The van der Waals surface area contributed by atoms with Crippen LogP contribution in [0.5, 0.6) is 0 Å². The molecule has 118 valence electrons. The third kappa shape index (κ3) is 4.04. The van der Waals surface area contributed by atoms with Crippen LogP contribution in [0.1, 0.15) is 37.1 Å². The molecule has 0 aliphatic heterocycles. The predicted octanol–water partition coefficient (Wildman–Crippen LogP) is 1.54. The summed E-state index contributed by atoms with van der Waals surface area (Å²) in [6.07, 6.45) is 2.35. The molecule has 0 bridgehead atoms. The summed E-state index contributed by atoms with van der Waals surface area (Å²) in [7, 11) is 1.68. The monoisotopic (exact) mass is 294 g/mol. The lowest BCUT2D eigenvalue weighted by Crippen LogP contribution is -2.32. The van der Waals surface area contributed by atoms with Crippen LogP contribution in [0.2, 0.25) is 0 Å². The summed E-state index contributed by atoms with van der Waals surface area (Å²) >= 11 is 0. The Morgan fingerprint density at radius 1 is 1.33 bits per heavy atom. The van der Waals surface area contributed by atoms with E-state index in [1.807, 2.05) is 6.92 Å². The number of hydrogen-bond acceptors (Lipinski definition) is 6. The van der Waals surface area contributed by atoms with E-state index in [0.29, 0.717) is 25.6 Å². The van der Waals surface area contributed by atoms with Crippen LogP contribution in [0.3, 0.4) is 0 Å². The second-order valence-corrected chi connectivity index (χ2v) is 5.39. The lowest BCUT2D eigenvalue weighted by molar-refractivity contribution is 0.202. The van der Waals surface area contributed by atoms with Crippen LogP contribution in [0.15, 0.2) is 0 Å². The lowest BCUT2D eigenvalue weighted by atomic mass is 10.2. The third-order valence-corrected chi connectivity index (χ3v) is 3.66. The van der Waals surface area contributed by atoms with E-state index in [0.717, 1.165) is 29.6 Å². The van der Waals surface area contributed by atoms with Gasteiger partial charge in [-0.15, -0.1) is 0 Å². The zero-order valence-corrected chi connectivity index (χ0v) is 13.2. The van der Waals surface area contributed by atoms with Crippen LogP contribution in [0.4, 0.5) is 11.6 Å². The molecule has 1 saturated carbocycles. The zero-order chi connectivity index (χ0) is 15.2. The van der Waals surface area contributed by atoms with Crippen LogP contribution in [0, 0.1) is 6.92 Å². The summed E-state index contributed by atoms with van der Waals surface area (Å²) in [4.78, 5) is 11.5. The van der Waals surface area contributed by atoms with Gasteiger partial charge < -0.3 is 20.1 Å². The Morgan fingerprint density at radius 2 is 2.10 bits per heavy atom. The van der Waals surface area contributed by atoms with Crippen LogP contribution < -0.4 is 10.2 Å². The average Bonchev–Trinajstić information content (AvgIpc) is 3.31. The minimum Gasteiger partial charge on any atom is -0.395 e. The lowest BCUT2D eigenvalue weighted by Gasteiger charge is -2.25. The molecule has 1 heterocycles. The van der Waals surface area contributed by atoms with Crippen molar-refractivity contribution in [1.82, 2.24) is 9.97 Å². The number of anilines is 2. The third-order valence-electron chi connectivity index (χ3n) is 3.66. The maximum atomic E-state index is 9.31. The second kappa shape index (κ2) is 7.56. The van der Waals surface area contributed by atoms with E-state index in [1.54, 1.807) is 7.11 Å². The highest BCUT2D eigenvalue weighted by Gasteiger charge is 2.29. The molecule has 1 fully saturated rings. The Balaban J connectivity index is 2.32. The predicted molar refractivity (Wildman–Crippen MR) is 84.1 cm³/mol. The quantitative estimate of drug-likeness (QED) is 0.720. The van der Waals surface area contributed by atoms with Gasteiger partial charge in [-0.05, 0) is 26.7 Å². The van der Waals surface area contributed by atoms with E-state index < -0.39 is 0 Å². The summed E-state index contributed by atoms with van der Waals surface area (Å²) in [6.45, 7) is 6.90. The van der Waals surface area contributed by atoms with Gasteiger partial charge in [-0.1, -0.05) is 0 Å². The minimum absolute atomic E-state index is 0.0997. The molecule has 0 radical (unpaired) electrons. The van der Waals surface area contributed by atoms with Gasteiger partial charge in [0.05, 0.1) is 13.2 Å². The van der Waals surface area contributed by atoms with Crippen molar-refractivity contribution in [3.05, 3.63) is 11.4 Å². The Morgan fingerprint density at radius 3 is 2.67 bits per heavy atom. The van der Waals surface area contributed by atoms with Crippen molar-refractivity contribution < 1.29 is 9.84 Å². The number of aliphatic hydroxyl groups excluding tert-OH is 1. The molecule has 0 spiro atoms. The van der Waals surface area contributed by atoms with Crippen LogP contribution in [-0.4, -0.2) is 55.0 Å². The molecule has 0 atom stereocenters. The minimum atomic E-state index is 0.0997. The number of aliphatic hydroxyl groups is 1. The van der Waals surface area contributed by atoms with Gasteiger partial charge in [0, 0.05) is 38.2 Å². The van der Waals surface area contributed by atoms with Gasteiger partial charge in [0.15, 0.2) is 0 Å². The summed E-state index contributed by atoms with van der Waals surface area (Å²) in [5.41, 5.74) is 1.03. The SMILES string of the molecule is CCNc1nc(C2CC2)nc(N(CCO)CCOC)c1C. The zero-order valence-electron chi connectivity index (χ0n) is 13.2. The largest absolute Gasteiger partial charge is 0.395 e. The van der Waals surface area contributed by atoms with E-state index in [4.69, 9.17) is 9.72 Å². The number of hydrogen-bond donors (Lipinski definition) is 2. The smallest absolute Gasteiger partial charge is 0.137 e. The topological polar surface area (TPSA) is 70.5 Å². The van der Waals surface area contributed by atoms with Crippen molar-refractivity contribution in [2.24, 2.45) is 0 Å². The highest BCUT2D eigenvalue weighted by atomic mass is 16.5. The number of aromatic nitrogens is 2. The van der Waals surface area contributed by atoms with Crippen LogP contribution in [-0.2, 0) is 4.74 Å². The van der Waals surface area contributed by atoms with Gasteiger partial charge in [-0.25, -0.2) is 9.97 Å². The van der Waals surface area contributed by atoms with Gasteiger partial charge in [-0.2, -0.15) is 0 Å². The first kappa shape index (κ1) is 16.0. The van der Waals surface area contributed by atoms with Gasteiger partial charge in [0.25, 0.3) is 0 Å². The molecule has 0 aromatic carbocycles. The Bertz CT molecular complexity index is 463. The van der Waals surface area contributed by atoms with Gasteiger partial charge in [-0.3, -0.25) is 0 Å². The number of ether oxygens (including phenoxy) is 1. The van der Waals surface area contributed by atoms with E-state index in [9.17, 15) is 5.11 Å². The van der Waals surface area contributed by atoms with E-state index in [2.05, 4.69) is 22.1 Å². The molecule has 1 aromatic rings. The summed E-state index contributed by atoms with van der Waals surface area (Å²) in [5.74, 6) is 3.24. The van der Waals surface area contributed by atoms with Gasteiger partial charge in [0.2, 0.25) is 0 Å². The molecular weight excluding hydrogens is 268 g/mol. The first-order valence-corrected chi connectivity index (χ1v) is 7.68. The fourth-order valence-corrected chi connectivity index (χ4v) is 2.34. The fraction of sp³-hybridized carbons (Fsp3) is 0.733. The molecule has 1 aliphatic carbocycles. The molecule has 0 unspecified atom stereocenters. The molecule has 2 rings (SSSR count). The molecular formula is C15H26N4O2. The van der Waals surface area contributed by atoms with Crippen molar-refractivity contribution in [3.63, 3.8) is 0 Å². The molecule has 0 amide bonds. The summed E-state index contributed by atoms with van der Waals surface area (Å²) < 4.78 is 5.17. The molecule has 21 heavy (non-hydrogen) atoms. The first-order valence-electron chi connectivity index (χ1n) is 7.68. The van der Waals surface area contributed by atoms with Crippen molar-refractivity contribution in [2.75, 3.05) is 50.2 Å². The molecule has 6 heteroatoms. The van der Waals surface area contributed by atoms with Gasteiger partial charge in [0.1, 0.15) is 17.5 Å². The van der Waals surface area contributed by atoms with E-state index in [-0.39, 0.29) is 6.61 Å². The molecule has 6 nitrogen and oxygen atoms in total. The molecule has 2 N–H and O–H groups in total. The number of methoxy groups -OCH3 is 1. The average molecular weight is 294 g/mol. The maximum absolute atomic E-state index is 9.31. The van der Waals surface area contributed by atoms with E-state index >= 15 is 0 Å². The fourth-order valence-electron chi connectivity index (χ4n) is 2.34. The maximum Gasteiger partial charge on any atom is 0.137 e. The number of nitrogens with zero attached hydrogens (tertiary/aromatic N) is 3. The van der Waals surface area contributed by atoms with E-state index in [1.165, 1.54) is 12.8 Å². The Hall–Kier alpha value is -1.40. The van der Waals surface area contributed by atoms with Crippen molar-refractivity contribution >= 4 is 11.6 Å². The second-order valence-electron chi connectivity index (χ2n) is 5.39. The van der Waals surface area contributed by atoms with Crippen molar-refractivity contribution in [1.29, 1.82) is 0 Å². The standard InChI is InChI=1S/C15H26N4O2/c1-4-16-13-11(2)15(18-14(17-13)12-5-6-12)19(7-9-20)8-10-21-3/h12,20H,4-10H2,1-3H3,(H,16,17,18). The normalized spacial score (nSPS) is 14.3.